The Labute approximate surface area is 184 Å². The highest BCUT2D eigenvalue weighted by atomic mass is 16.5. The van der Waals surface area contributed by atoms with Crippen LogP contribution in [0, 0.1) is 20.8 Å². The van der Waals surface area contributed by atoms with E-state index in [1.807, 2.05) is 19.1 Å². The Morgan fingerprint density at radius 3 is 2.39 bits per heavy atom. The lowest BCUT2D eigenvalue weighted by atomic mass is 10.1. The third kappa shape index (κ3) is 5.32. The van der Waals surface area contributed by atoms with Gasteiger partial charge in [-0.05, 0) is 38.8 Å². The van der Waals surface area contributed by atoms with Gasteiger partial charge in [0.1, 0.15) is 5.76 Å². The van der Waals surface area contributed by atoms with E-state index in [-0.39, 0.29) is 5.78 Å². The van der Waals surface area contributed by atoms with E-state index in [4.69, 9.17) is 4.52 Å². The van der Waals surface area contributed by atoms with Crippen LogP contribution in [0.2, 0.25) is 0 Å². The van der Waals surface area contributed by atoms with Crippen molar-refractivity contribution in [2.24, 2.45) is 0 Å². The summed E-state index contributed by atoms with van der Waals surface area (Å²) in [7, 11) is 0. The van der Waals surface area contributed by atoms with Crippen LogP contribution in [0.1, 0.15) is 38.8 Å². The summed E-state index contributed by atoms with van der Waals surface area (Å²) in [5.41, 5.74) is 5.40. The molecule has 1 aliphatic heterocycles. The molecular weight excluding hydrogens is 388 g/mol. The minimum Gasteiger partial charge on any atom is -0.361 e. The van der Waals surface area contributed by atoms with Crippen LogP contribution >= 0.6 is 0 Å². The lowest BCUT2D eigenvalue weighted by Gasteiger charge is -2.33. The summed E-state index contributed by atoms with van der Waals surface area (Å²) in [6.07, 6.45) is 0.970. The Morgan fingerprint density at radius 1 is 1.00 bits per heavy atom. The van der Waals surface area contributed by atoms with Crippen molar-refractivity contribution in [3.8, 4) is 0 Å². The van der Waals surface area contributed by atoms with Crippen molar-refractivity contribution in [2.45, 2.75) is 40.3 Å². The van der Waals surface area contributed by atoms with Gasteiger partial charge in [-0.1, -0.05) is 35.5 Å². The van der Waals surface area contributed by atoms with Gasteiger partial charge in [-0.15, -0.1) is 0 Å². The first-order valence-corrected chi connectivity index (χ1v) is 11.1. The maximum atomic E-state index is 13.1. The molecule has 1 fully saturated rings. The van der Waals surface area contributed by atoms with Gasteiger partial charge in [0.25, 0.3) is 0 Å². The van der Waals surface area contributed by atoms with Crippen molar-refractivity contribution in [1.29, 1.82) is 0 Å². The van der Waals surface area contributed by atoms with Crippen molar-refractivity contribution in [1.82, 2.24) is 19.5 Å². The third-order valence-electron chi connectivity index (χ3n) is 6.24. The maximum absolute atomic E-state index is 13.1. The average molecular weight is 421 g/mol. The number of hydrogen-bond donors (Lipinski definition) is 0. The Balaban J connectivity index is 1.30. The zero-order chi connectivity index (χ0) is 21.8. The molecule has 0 saturated carbocycles. The molecule has 6 nitrogen and oxygen atoms in total. The number of hydrogen-bond acceptors (Lipinski definition) is 5. The molecular formula is C25H32N4O2. The van der Waals surface area contributed by atoms with Gasteiger partial charge in [0.15, 0.2) is 5.78 Å². The Kier molecular flexibility index (Phi) is 6.68. The second-order valence-corrected chi connectivity index (χ2v) is 8.58. The van der Waals surface area contributed by atoms with E-state index in [2.05, 4.69) is 63.7 Å². The molecule has 1 saturated heterocycles. The summed E-state index contributed by atoms with van der Waals surface area (Å²) in [5, 5.41) is 4.08. The Bertz CT molecular complexity index is 1010. The normalized spacial score (nSPS) is 15.5. The van der Waals surface area contributed by atoms with Crippen molar-refractivity contribution in [3.05, 3.63) is 76.4 Å². The van der Waals surface area contributed by atoms with Crippen LogP contribution in [0.5, 0.6) is 0 Å². The van der Waals surface area contributed by atoms with Crippen LogP contribution in [0.15, 0.2) is 47.0 Å². The fourth-order valence-electron chi connectivity index (χ4n) is 4.43. The number of piperazine rings is 1. The van der Waals surface area contributed by atoms with Gasteiger partial charge in [0.05, 0.1) is 12.2 Å². The number of benzene rings is 1. The highest BCUT2D eigenvalue weighted by molar-refractivity contribution is 5.99. The number of carbonyl (C=O) groups excluding carboxylic acids is 1. The van der Waals surface area contributed by atoms with Crippen molar-refractivity contribution >= 4 is 5.78 Å². The van der Waals surface area contributed by atoms with Gasteiger partial charge < -0.3 is 9.09 Å². The summed E-state index contributed by atoms with van der Waals surface area (Å²) >= 11 is 0. The minimum atomic E-state index is 0.222. The molecule has 0 atom stereocenters. The largest absolute Gasteiger partial charge is 0.361 e. The molecule has 31 heavy (non-hydrogen) atoms. The molecule has 0 amide bonds. The SMILES string of the molecule is Cc1cc(CN2CCN(CC(=O)c3cc(C)n(CCc4ccccc4)c3C)CC2)no1. The molecule has 6 heteroatoms. The lowest BCUT2D eigenvalue weighted by molar-refractivity contribution is 0.0840. The second kappa shape index (κ2) is 9.62. The number of Topliss-reactive ketones (excluding diaryl/α,β-unsaturated/α-hetero) is 1. The fraction of sp³-hybridized carbons (Fsp3) is 0.440. The maximum Gasteiger partial charge on any atom is 0.178 e. The molecule has 0 aliphatic carbocycles. The summed E-state index contributed by atoms with van der Waals surface area (Å²) < 4.78 is 7.44. The zero-order valence-corrected chi connectivity index (χ0v) is 18.8. The number of nitrogens with zero attached hydrogens (tertiary/aromatic N) is 4. The molecule has 1 aromatic carbocycles. The van der Waals surface area contributed by atoms with Crippen LogP contribution in [0.3, 0.4) is 0 Å². The second-order valence-electron chi connectivity index (χ2n) is 8.58. The van der Waals surface area contributed by atoms with E-state index < -0.39 is 0 Å². The van der Waals surface area contributed by atoms with Gasteiger partial charge >= 0.3 is 0 Å². The van der Waals surface area contributed by atoms with Crippen molar-refractivity contribution in [3.63, 3.8) is 0 Å². The number of carbonyl (C=O) groups is 1. The minimum absolute atomic E-state index is 0.222. The smallest absolute Gasteiger partial charge is 0.178 e. The van der Waals surface area contributed by atoms with Gasteiger partial charge in [-0.2, -0.15) is 0 Å². The van der Waals surface area contributed by atoms with Crippen LogP contribution in [-0.4, -0.2) is 58.0 Å². The van der Waals surface area contributed by atoms with E-state index in [0.29, 0.717) is 6.54 Å². The Hall–Kier alpha value is -2.70. The first-order chi connectivity index (χ1) is 15.0. The number of aryl methyl sites for hydroxylation is 3. The fourth-order valence-corrected chi connectivity index (χ4v) is 4.43. The van der Waals surface area contributed by atoms with E-state index in [9.17, 15) is 4.79 Å². The predicted octanol–water partition coefficient (Wildman–Crippen LogP) is 3.64. The molecule has 0 N–H and O–H groups in total. The van der Waals surface area contributed by atoms with Crippen LogP contribution < -0.4 is 0 Å². The van der Waals surface area contributed by atoms with Gasteiger partial charge in [0.2, 0.25) is 0 Å². The van der Waals surface area contributed by atoms with E-state index in [1.165, 1.54) is 5.56 Å². The number of ketones is 1. The predicted molar refractivity (Wildman–Crippen MR) is 121 cm³/mol. The van der Waals surface area contributed by atoms with Crippen molar-refractivity contribution in [2.75, 3.05) is 32.7 Å². The average Bonchev–Trinajstić information content (AvgIpc) is 3.30. The lowest BCUT2D eigenvalue weighted by Crippen LogP contribution is -2.47. The molecule has 0 bridgehead atoms. The first-order valence-electron chi connectivity index (χ1n) is 11.1. The van der Waals surface area contributed by atoms with Gasteiger partial charge in [0, 0.05) is 62.3 Å². The van der Waals surface area contributed by atoms with Crippen molar-refractivity contribution < 1.29 is 9.32 Å². The molecule has 164 valence electrons. The first kappa shape index (κ1) is 21.5. The number of aromatic nitrogens is 2. The van der Waals surface area contributed by atoms with E-state index in [1.54, 1.807) is 0 Å². The van der Waals surface area contributed by atoms with E-state index >= 15 is 0 Å². The molecule has 1 aliphatic rings. The quantitative estimate of drug-likeness (QED) is 0.521. The van der Waals surface area contributed by atoms with Crippen LogP contribution in [-0.2, 0) is 19.5 Å². The van der Waals surface area contributed by atoms with E-state index in [0.717, 1.165) is 74.1 Å². The topological polar surface area (TPSA) is 54.5 Å². The monoisotopic (exact) mass is 420 g/mol. The summed E-state index contributed by atoms with van der Waals surface area (Å²) in [5.74, 6) is 1.07. The Morgan fingerprint density at radius 2 is 1.71 bits per heavy atom. The molecule has 3 heterocycles. The van der Waals surface area contributed by atoms with Crippen LogP contribution in [0.25, 0.3) is 0 Å². The molecule has 3 aromatic rings. The molecule has 2 aromatic heterocycles. The highest BCUT2D eigenvalue weighted by Crippen LogP contribution is 2.18. The third-order valence-corrected chi connectivity index (χ3v) is 6.24. The summed E-state index contributed by atoms with van der Waals surface area (Å²) in [6, 6.07) is 14.6. The summed E-state index contributed by atoms with van der Waals surface area (Å²) in [4.78, 5) is 17.7. The van der Waals surface area contributed by atoms with Gasteiger partial charge in [-0.25, -0.2) is 0 Å². The molecule has 0 spiro atoms. The number of rotatable bonds is 8. The van der Waals surface area contributed by atoms with Gasteiger partial charge in [-0.3, -0.25) is 14.6 Å². The van der Waals surface area contributed by atoms with Crippen LogP contribution in [0.4, 0.5) is 0 Å². The summed E-state index contributed by atoms with van der Waals surface area (Å²) in [6.45, 7) is 12.0. The molecule has 0 unspecified atom stereocenters. The molecule has 4 rings (SSSR count). The standard InChI is InChI=1S/C25H32N4O2/c1-19-15-24(21(3)29(19)10-9-22-7-5-4-6-8-22)25(30)18-28-13-11-27(12-14-28)17-23-16-20(2)31-26-23/h4-8,15-16H,9-14,17-18H2,1-3H3. The molecule has 0 radical (unpaired) electrons. The zero-order valence-electron chi connectivity index (χ0n) is 18.8. The highest BCUT2D eigenvalue weighted by Gasteiger charge is 2.22.